The van der Waals surface area contributed by atoms with Gasteiger partial charge in [-0.05, 0) is 70.4 Å². The normalized spacial score (nSPS) is 12.0. The number of carbonyl (C=O) groups is 1. The second kappa shape index (κ2) is 10.3. The Labute approximate surface area is 161 Å². The van der Waals surface area contributed by atoms with Gasteiger partial charge in [-0.15, -0.1) is 11.8 Å². The van der Waals surface area contributed by atoms with Gasteiger partial charge in [-0.3, -0.25) is 4.79 Å². The molecular weight excluding hydrogens is 342 g/mol. The summed E-state index contributed by atoms with van der Waals surface area (Å²) in [6, 6.07) is 16.5. The molecule has 1 atom stereocenters. The third-order valence-electron chi connectivity index (χ3n) is 3.94. The maximum Gasteiger partial charge on any atom is 0.233 e. The minimum Gasteiger partial charge on any atom is -0.491 e. The number of amides is 1. The third-order valence-corrected chi connectivity index (χ3v) is 5.05. The highest BCUT2D eigenvalue weighted by Gasteiger charge is 2.13. The summed E-state index contributed by atoms with van der Waals surface area (Å²) in [4.78, 5) is 13.4. The van der Waals surface area contributed by atoms with Crippen LogP contribution < -0.4 is 10.1 Å². The van der Waals surface area contributed by atoms with E-state index in [0.717, 1.165) is 23.5 Å². The van der Waals surface area contributed by atoms with Crippen molar-refractivity contribution in [2.45, 2.75) is 56.8 Å². The van der Waals surface area contributed by atoms with E-state index in [1.54, 1.807) is 11.8 Å². The van der Waals surface area contributed by atoms with E-state index in [2.05, 4.69) is 48.6 Å². The van der Waals surface area contributed by atoms with Gasteiger partial charge in [0.15, 0.2) is 0 Å². The van der Waals surface area contributed by atoms with Crippen molar-refractivity contribution >= 4 is 17.7 Å². The average molecular weight is 372 g/mol. The number of carbonyl (C=O) groups excluding carboxylic acids is 1. The van der Waals surface area contributed by atoms with Gasteiger partial charge in [0.2, 0.25) is 5.91 Å². The predicted molar refractivity (Wildman–Crippen MR) is 110 cm³/mol. The zero-order valence-electron chi connectivity index (χ0n) is 16.1. The molecule has 26 heavy (non-hydrogen) atoms. The fourth-order valence-corrected chi connectivity index (χ4v) is 3.42. The maximum atomic E-state index is 12.2. The Hall–Kier alpha value is -1.94. The Morgan fingerprint density at radius 1 is 1.04 bits per heavy atom. The molecule has 0 unspecified atom stereocenters. The minimum atomic E-state index is -0.0924. The molecule has 1 N–H and O–H groups in total. The Kier molecular flexibility index (Phi) is 8.05. The molecule has 0 saturated heterocycles. The maximum absolute atomic E-state index is 12.2. The summed E-state index contributed by atoms with van der Waals surface area (Å²) in [5.74, 6) is 0.996. The van der Waals surface area contributed by atoms with Crippen LogP contribution in [0.4, 0.5) is 0 Å². The van der Waals surface area contributed by atoms with E-state index in [1.165, 1.54) is 11.1 Å². The van der Waals surface area contributed by atoms with Crippen LogP contribution in [0, 0.1) is 6.92 Å². The molecule has 0 saturated carbocycles. The molecule has 3 nitrogen and oxygen atoms in total. The predicted octanol–water partition coefficient (Wildman–Crippen LogP) is 5.01. The molecule has 0 bridgehead atoms. The highest BCUT2D eigenvalue weighted by atomic mass is 32.2. The quantitative estimate of drug-likeness (QED) is 0.497. The molecule has 4 heteroatoms. The van der Waals surface area contributed by atoms with Crippen LogP contribution in [0.2, 0.25) is 0 Å². The Morgan fingerprint density at radius 2 is 1.69 bits per heavy atom. The van der Waals surface area contributed by atoms with Crippen LogP contribution in [0.5, 0.6) is 5.75 Å². The molecule has 1 amide bonds. The first-order valence-electron chi connectivity index (χ1n) is 9.20. The molecule has 0 heterocycles. The van der Waals surface area contributed by atoms with Crippen molar-refractivity contribution in [1.29, 1.82) is 0 Å². The Balaban J connectivity index is 1.68. The van der Waals surface area contributed by atoms with Crippen molar-refractivity contribution < 1.29 is 9.53 Å². The molecular formula is C22H29NO2S. The molecule has 0 radical (unpaired) electrons. The minimum absolute atomic E-state index is 0.0924. The third kappa shape index (κ3) is 7.12. The molecule has 0 aliphatic heterocycles. The molecule has 140 valence electrons. The van der Waals surface area contributed by atoms with Gasteiger partial charge in [-0.1, -0.05) is 29.8 Å². The summed E-state index contributed by atoms with van der Waals surface area (Å²) < 4.78 is 5.65. The van der Waals surface area contributed by atoms with Crippen molar-refractivity contribution in [3.63, 3.8) is 0 Å². The highest BCUT2D eigenvalue weighted by molar-refractivity contribution is 8.00. The van der Waals surface area contributed by atoms with Crippen molar-refractivity contribution in [3.05, 3.63) is 59.7 Å². The topological polar surface area (TPSA) is 38.3 Å². The zero-order valence-corrected chi connectivity index (χ0v) is 16.9. The number of thioether (sulfide) groups is 1. The summed E-state index contributed by atoms with van der Waals surface area (Å²) in [6.07, 6.45) is 2.07. The van der Waals surface area contributed by atoms with Crippen molar-refractivity contribution in [2.24, 2.45) is 0 Å². The molecule has 0 spiro atoms. The van der Waals surface area contributed by atoms with Gasteiger partial charge in [0.1, 0.15) is 5.75 Å². The van der Waals surface area contributed by atoms with Gasteiger partial charge in [0.05, 0.1) is 11.4 Å². The number of benzene rings is 2. The second-order valence-electron chi connectivity index (χ2n) is 6.78. The lowest BCUT2D eigenvalue weighted by Gasteiger charge is -2.12. The number of rotatable bonds is 9. The molecule has 0 aliphatic carbocycles. The van der Waals surface area contributed by atoms with E-state index in [9.17, 15) is 4.79 Å². The molecule has 2 rings (SSSR count). The number of hydrogen-bond donors (Lipinski definition) is 1. The first-order chi connectivity index (χ1) is 12.4. The Morgan fingerprint density at radius 3 is 2.31 bits per heavy atom. The van der Waals surface area contributed by atoms with Crippen molar-refractivity contribution in [1.82, 2.24) is 5.32 Å². The van der Waals surface area contributed by atoms with Crippen LogP contribution in [0.15, 0.2) is 53.4 Å². The lowest BCUT2D eigenvalue weighted by atomic mass is 10.1. The van der Waals surface area contributed by atoms with E-state index < -0.39 is 0 Å². The zero-order chi connectivity index (χ0) is 18.9. The van der Waals surface area contributed by atoms with Gasteiger partial charge in [-0.2, -0.15) is 0 Å². The van der Waals surface area contributed by atoms with Crippen LogP contribution >= 0.6 is 11.8 Å². The van der Waals surface area contributed by atoms with Crippen molar-refractivity contribution in [2.75, 3.05) is 6.54 Å². The van der Waals surface area contributed by atoms with Crippen LogP contribution in [0.3, 0.4) is 0 Å². The van der Waals surface area contributed by atoms with Gasteiger partial charge in [0.25, 0.3) is 0 Å². The van der Waals surface area contributed by atoms with E-state index in [-0.39, 0.29) is 17.3 Å². The summed E-state index contributed by atoms with van der Waals surface area (Å²) in [5, 5.41) is 2.94. The lowest BCUT2D eigenvalue weighted by Crippen LogP contribution is -2.31. The monoisotopic (exact) mass is 371 g/mol. The lowest BCUT2D eigenvalue weighted by molar-refractivity contribution is -0.120. The van der Waals surface area contributed by atoms with Crippen LogP contribution in [0.25, 0.3) is 0 Å². The second-order valence-corrected chi connectivity index (χ2v) is 8.19. The first kappa shape index (κ1) is 20.4. The molecule has 0 aromatic heterocycles. The number of ether oxygens (including phenoxy) is 1. The molecule has 2 aromatic carbocycles. The Bertz CT molecular complexity index is 680. The van der Waals surface area contributed by atoms with Gasteiger partial charge in [-0.25, -0.2) is 0 Å². The fraction of sp³-hybridized carbons (Fsp3) is 0.409. The van der Waals surface area contributed by atoms with Gasteiger partial charge in [0, 0.05) is 11.4 Å². The number of aryl methyl sites for hydroxylation is 2. The SMILES string of the molecule is Cc1ccc(S[C@@H](C)C(=O)NCCCc2ccc(OC(C)C)cc2)cc1. The fourth-order valence-electron chi connectivity index (χ4n) is 2.53. The van der Waals surface area contributed by atoms with Crippen molar-refractivity contribution in [3.8, 4) is 5.75 Å². The van der Waals surface area contributed by atoms with E-state index >= 15 is 0 Å². The van der Waals surface area contributed by atoms with Crippen LogP contribution in [-0.2, 0) is 11.2 Å². The van der Waals surface area contributed by atoms with E-state index in [4.69, 9.17) is 4.74 Å². The summed E-state index contributed by atoms with van der Waals surface area (Å²) in [7, 11) is 0. The number of nitrogens with one attached hydrogen (secondary N) is 1. The smallest absolute Gasteiger partial charge is 0.233 e. The largest absolute Gasteiger partial charge is 0.491 e. The van der Waals surface area contributed by atoms with E-state index in [0.29, 0.717) is 6.54 Å². The molecule has 0 aliphatic rings. The standard InChI is InChI=1S/C22H29NO2S/c1-16(2)25-20-11-9-19(10-12-20)6-5-15-23-22(24)18(4)26-21-13-7-17(3)8-14-21/h7-14,16,18H,5-6,15H2,1-4H3,(H,23,24)/t18-/m0/s1. The first-order valence-corrected chi connectivity index (χ1v) is 10.1. The van der Waals surface area contributed by atoms with Crippen LogP contribution in [0.1, 0.15) is 38.3 Å². The number of hydrogen-bond acceptors (Lipinski definition) is 3. The summed E-state index contributed by atoms with van der Waals surface area (Å²) in [6.45, 7) is 8.76. The average Bonchev–Trinajstić information content (AvgIpc) is 2.61. The van der Waals surface area contributed by atoms with Crippen LogP contribution in [-0.4, -0.2) is 23.8 Å². The van der Waals surface area contributed by atoms with Gasteiger partial charge < -0.3 is 10.1 Å². The molecule has 0 fully saturated rings. The highest BCUT2D eigenvalue weighted by Crippen LogP contribution is 2.23. The van der Waals surface area contributed by atoms with E-state index in [1.807, 2.05) is 32.9 Å². The van der Waals surface area contributed by atoms with Gasteiger partial charge >= 0.3 is 0 Å². The molecule has 2 aromatic rings. The summed E-state index contributed by atoms with van der Waals surface area (Å²) >= 11 is 1.60. The summed E-state index contributed by atoms with van der Waals surface area (Å²) in [5.41, 5.74) is 2.49.